The molecule has 1 N–H and O–H groups in total. The average Bonchev–Trinajstić information content (AvgIpc) is 2.46. The molecule has 0 radical (unpaired) electrons. The van der Waals surface area contributed by atoms with Gasteiger partial charge in [-0.2, -0.15) is 0 Å². The number of rotatable bonds is 9. The molecule has 0 saturated heterocycles. The van der Waals surface area contributed by atoms with Gasteiger partial charge in [0.25, 0.3) is 0 Å². The van der Waals surface area contributed by atoms with Gasteiger partial charge >= 0.3 is 5.97 Å². The Labute approximate surface area is 127 Å². The molecular weight excluding hydrogens is 266 g/mol. The number of ether oxygens (including phenoxy) is 2. The van der Waals surface area contributed by atoms with Crippen molar-refractivity contribution in [3.05, 3.63) is 29.8 Å². The quantitative estimate of drug-likeness (QED) is 0.711. The molecule has 0 saturated carbocycles. The summed E-state index contributed by atoms with van der Waals surface area (Å²) < 4.78 is 10.2. The molecule has 0 fully saturated rings. The Balaban J connectivity index is 2.61. The van der Waals surface area contributed by atoms with Crippen LogP contribution in [0.25, 0.3) is 0 Å². The molecule has 0 heterocycles. The van der Waals surface area contributed by atoms with Gasteiger partial charge in [0, 0.05) is 5.54 Å². The lowest BCUT2D eigenvalue weighted by Gasteiger charge is -2.29. The predicted molar refractivity (Wildman–Crippen MR) is 84.6 cm³/mol. The zero-order valence-corrected chi connectivity index (χ0v) is 13.6. The summed E-state index contributed by atoms with van der Waals surface area (Å²) in [6, 6.07) is 8.06. The molecule has 1 unspecified atom stereocenters. The van der Waals surface area contributed by atoms with Crippen molar-refractivity contribution in [1.29, 1.82) is 0 Å². The monoisotopic (exact) mass is 293 g/mol. The van der Waals surface area contributed by atoms with Crippen LogP contribution in [-0.4, -0.2) is 31.8 Å². The van der Waals surface area contributed by atoms with Gasteiger partial charge in [-0.15, -0.1) is 0 Å². The lowest BCUT2D eigenvalue weighted by molar-refractivity contribution is -0.144. The van der Waals surface area contributed by atoms with Crippen LogP contribution in [-0.2, 0) is 16.0 Å². The van der Waals surface area contributed by atoms with Crippen molar-refractivity contribution in [2.45, 2.75) is 45.6 Å². The third-order valence-electron chi connectivity index (χ3n) is 3.57. The summed E-state index contributed by atoms with van der Waals surface area (Å²) >= 11 is 0. The number of aryl methyl sites for hydroxylation is 1. The smallest absolute Gasteiger partial charge is 0.307 e. The van der Waals surface area contributed by atoms with E-state index in [1.165, 1.54) is 5.56 Å². The van der Waals surface area contributed by atoms with Crippen LogP contribution in [0.2, 0.25) is 0 Å². The first-order chi connectivity index (χ1) is 10.0. The van der Waals surface area contributed by atoms with Crippen LogP contribution in [0.1, 0.15) is 39.2 Å². The molecule has 0 amide bonds. The van der Waals surface area contributed by atoms with Crippen molar-refractivity contribution in [3.63, 3.8) is 0 Å². The fourth-order valence-electron chi connectivity index (χ4n) is 2.41. The Morgan fingerprint density at radius 2 is 1.90 bits per heavy atom. The number of hydrogen-bond donors (Lipinski definition) is 1. The summed E-state index contributed by atoms with van der Waals surface area (Å²) in [7, 11) is 1.66. The van der Waals surface area contributed by atoms with E-state index in [0.717, 1.165) is 25.1 Å². The normalized spacial score (nSPS) is 13.5. The highest BCUT2D eigenvalue weighted by Crippen LogP contribution is 2.20. The molecule has 1 aromatic rings. The van der Waals surface area contributed by atoms with Crippen molar-refractivity contribution >= 4 is 5.97 Å². The van der Waals surface area contributed by atoms with E-state index < -0.39 is 0 Å². The summed E-state index contributed by atoms with van der Waals surface area (Å²) in [6.07, 6.45) is 2.18. The van der Waals surface area contributed by atoms with Gasteiger partial charge in [0.2, 0.25) is 0 Å². The van der Waals surface area contributed by atoms with E-state index >= 15 is 0 Å². The zero-order chi connectivity index (χ0) is 15.7. The SMILES string of the molecule is CCNC(C)(CCc1ccc(OC)cc1)CC(=O)OCC. The summed E-state index contributed by atoms with van der Waals surface area (Å²) in [4.78, 5) is 11.7. The number of methoxy groups -OCH3 is 1. The Morgan fingerprint density at radius 3 is 2.43 bits per heavy atom. The van der Waals surface area contributed by atoms with E-state index in [9.17, 15) is 4.79 Å². The third kappa shape index (κ3) is 6.17. The molecule has 21 heavy (non-hydrogen) atoms. The molecule has 1 rings (SSSR count). The van der Waals surface area contributed by atoms with E-state index in [1.54, 1.807) is 7.11 Å². The second kappa shape index (κ2) is 8.67. The second-order valence-corrected chi connectivity index (χ2v) is 5.42. The number of esters is 1. The topological polar surface area (TPSA) is 47.6 Å². The van der Waals surface area contributed by atoms with Gasteiger partial charge in [0.1, 0.15) is 5.75 Å². The van der Waals surface area contributed by atoms with Gasteiger partial charge in [-0.25, -0.2) is 0 Å². The maximum atomic E-state index is 11.7. The van der Waals surface area contributed by atoms with Gasteiger partial charge in [-0.3, -0.25) is 4.79 Å². The summed E-state index contributed by atoms with van der Waals surface area (Å²) in [6.45, 7) is 7.23. The van der Waals surface area contributed by atoms with Gasteiger partial charge in [0.05, 0.1) is 20.1 Å². The van der Waals surface area contributed by atoms with Crippen molar-refractivity contribution in [3.8, 4) is 5.75 Å². The maximum Gasteiger partial charge on any atom is 0.307 e. The Morgan fingerprint density at radius 1 is 1.24 bits per heavy atom. The van der Waals surface area contributed by atoms with E-state index in [-0.39, 0.29) is 11.5 Å². The van der Waals surface area contributed by atoms with E-state index in [1.807, 2.05) is 19.1 Å². The van der Waals surface area contributed by atoms with Crippen LogP contribution < -0.4 is 10.1 Å². The van der Waals surface area contributed by atoms with Crippen LogP contribution in [0.15, 0.2) is 24.3 Å². The fraction of sp³-hybridized carbons (Fsp3) is 0.588. The van der Waals surface area contributed by atoms with Gasteiger partial charge in [0.15, 0.2) is 0 Å². The molecule has 0 aliphatic carbocycles. The number of nitrogens with one attached hydrogen (secondary N) is 1. The first kappa shape index (κ1) is 17.5. The Bertz CT molecular complexity index is 430. The highest BCUT2D eigenvalue weighted by molar-refractivity contribution is 5.70. The van der Waals surface area contributed by atoms with Crippen LogP contribution in [0.4, 0.5) is 0 Å². The van der Waals surface area contributed by atoms with Crippen LogP contribution in [0.5, 0.6) is 5.75 Å². The Kier molecular flexibility index (Phi) is 7.23. The van der Waals surface area contributed by atoms with Gasteiger partial charge in [-0.05, 0) is 50.9 Å². The minimum atomic E-state index is -0.235. The summed E-state index contributed by atoms with van der Waals surface area (Å²) in [5.74, 6) is 0.718. The van der Waals surface area contributed by atoms with Gasteiger partial charge < -0.3 is 14.8 Å². The average molecular weight is 293 g/mol. The largest absolute Gasteiger partial charge is 0.497 e. The van der Waals surface area contributed by atoms with Crippen LogP contribution >= 0.6 is 0 Å². The second-order valence-electron chi connectivity index (χ2n) is 5.42. The number of carbonyl (C=O) groups is 1. The summed E-state index contributed by atoms with van der Waals surface area (Å²) in [5, 5.41) is 3.42. The van der Waals surface area contributed by atoms with Gasteiger partial charge in [-0.1, -0.05) is 19.1 Å². The van der Waals surface area contributed by atoms with E-state index in [2.05, 4.69) is 31.3 Å². The highest BCUT2D eigenvalue weighted by atomic mass is 16.5. The lowest BCUT2D eigenvalue weighted by atomic mass is 9.90. The third-order valence-corrected chi connectivity index (χ3v) is 3.57. The predicted octanol–water partition coefficient (Wildman–Crippen LogP) is 2.95. The molecule has 1 atom stereocenters. The molecule has 0 spiro atoms. The van der Waals surface area contributed by atoms with Crippen LogP contribution in [0, 0.1) is 0 Å². The molecule has 0 bridgehead atoms. The number of hydrogen-bond acceptors (Lipinski definition) is 4. The molecule has 4 nitrogen and oxygen atoms in total. The van der Waals surface area contributed by atoms with Crippen LogP contribution in [0.3, 0.4) is 0 Å². The number of carbonyl (C=O) groups excluding carboxylic acids is 1. The maximum absolute atomic E-state index is 11.7. The number of benzene rings is 1. The highest BCUT2D eigenvalue weighted by Gasteiger charge is 2.26. The standard InChI is InChI=1S/C17H27NO3/c1-5-18-17(3,13-16(19)21-6-2)12-11-14-7-9-15(20-4)10-8-14/h7-10,18H,5-6,11-13H2,1-4H3. The van der Waals surface area contributed by atoms with Crippen molar-refractivity contribution in [2.75, 3.05) is 20.3 Å². The molecule has 0 aliphatic rings. The van der Waals surface area contributed by atoms with E-state index in [4.69, 9.17) is 9.47 Å². The minimum absolute atomic E-state index is 0.143. The van der Waals surface area contributed by atoms with Crippen molar-refractivity contribution < 1.29 is 14.3 Å². The van der Waals surface area contributed by atoms with E-state index in [0.29, 0.717) is 13.0 Å². The molecule has 1 aromatic carbocycles. The zero-order valence-electron chi connectivity index (χ0n) is 13.6. The minimum Gasteiger partial charge on any atom is -0.497 e. The first-order valence-corrected chi connectivity index (χ1v) is 7.56. The molecular formula is C17H27NO3. The molecule has 0 aromatic heterocycles. The van der Waals surface area contributed by atoms with Crippen molar-refractivity contribution in [1.82, 2.24) is 5.32 Å². The fourth-order valence-corrected chi connectivity index (χ4v) is 2.41. The molecule has 0 aliphatic heterocycles. The summed E-state index contributed by atoms with van der Waals surface area (Å²) in [5.41, 5.74) is 1.00. The molecule has 4 heteroatoms. The Hall–Kier alpha value is -1.55. The molecule has 118 valence electrons. The van der Waals surface area contributed by atoms with Crippen molar-refractivity contribution in [2.24, 2.45) is 0 Å². The first-order valence-electron chi connectivity index (χ1n) is 7.56. The lowest BCUT2D eigenvalue weighted by Crippen LogP contribution is -2.44.